The van der Waals surface area contributed by atoms with Gasteiger partial charge < -0.3 is 14.6 Å². The van der Waals surface area contributed by atoms with Crippen LogP contribution in [0, 0.1) is 0 Å². The summed E-state index contributed by atoms with van der Waals surface area (Å²) < 4.78 is 18.2. The molecule has 3 aromatic rings. The first kappa shape index (κ1) is 22.2. The van der Waals surface area contributed by atoms with Crippen molar-refractivity contribution in [1.29, 1.82) is 0 Å². The molecule has 0 saturated carbocycles. The Morgan fingerprint density at radius 2 is 1.74 bits per heavy atom. The Balaban J connectivity index is 1.99. The summed E-state index contributed by atoms with van der Waals surface area (Å²) in [4.78, 5) is 32.0. The molecule has 1 N–H and O–H groups in total. The fourth-order valence-electron chi connectivity index (χ4n) is 3.34. The fraction of sp³-hybridized carbons (Fsp3) is 0.292. The third-order valence-electron chi connectivity index (χ3n) is 4.85. The molecule has 2 aromatic carbocycles. The van der Waals surface area contributed by atoms with Gasteiger partial charge in [-0.15, -0.1) is 0 Å². The van der Waals surface area contributed by atoms with Crippen LogP contribution in [0.1, 0.15) is 54.1 Å². The van der Waals surface area contributed by atoms with Crippen molar-refractivity contribution in [2.75, 3.05) is 0 Å². The minimum absolute atomic E-state index is 0.0381. The summed E-state index contributed by atoms with van der Waals surface area (Å²) in [5.74, 6) is -0.768. The lowest BCUT2D eigenvalue weighted by Gasteiger charge is -2.40. The highest BCUT2D eigenvalue weighted by Gasteiger charge is 2.40. The molecular weight excluding hydrogens is 397 g/mol. The molecule has 0 saturated heterocycles. The van der Waals surface area contributed by atoms with Gasteiger partial charge in [0.25, 0.3) is 5.91 Å². The third-order valence-corrected chi connectivity index (χ3v) is 4.85. The highest BCUT2D eigenvalue weighted by Crippen LogP contribution is 2.31. The van der Waals surface area contributed by atoms with Gasteiger partial charge in [-0.05, 0) is 37.5 Å². The van der Waals surface area contributed by atoms with Crippen LogP contribution in [0.2, 0.25) is 0 Å². The highest BCUT2D eigenvalue weighted by atomic mass is 19.1. The summed E-state index contributed by atoms with van der Waals surface area (Å²) >= 11 is 0. The Kier molecular flexibility index (Phi) is 6.84. The number of alkyl halides is 1. The lowest BCUT2D eigenvalue weighted by atomic mass is 9.95. The van der Waals surface area contributed by atoms with Crippen molar-refractivity contribution in [2.45, 2.75) is 45.6 Å². The summed E-state index contributed by atoms with van der Waals surface area (Å²) in [6.07, 6.45) is 2.50. The number of oxazole rings is 1. The molecule has 162 valence electrons. The molecule has 2 amide bonds. The van der Waals surface area contributed by atoms with Gasteiger partial charge in [-0.25, -0.2) is 9.37 Å². The molecule has 0 fully saturated rings. The van der Waals surface area contributed by atoms with E-state index in [0.717, 1.165) is 5.56 Å². The van der Waals surface area contributed by atoms with Crippen LogP contribution in [-0.2, 0) is 18.0 Å². The third kappa shape index (κ3) is 5.36. The van der Waals surface area contributed by atoms with E-state index >= 15 is 0 Å². The molecule has 0 aliphatic carbocycles. The maximum Gasteiger partial charge on any atom is 0.292 e. The van der Waals surface area contributed by atoms with Gasteiger partial charge in [0.1, 0.15) is 12.7 Å². The van der Waals surface area contributed by atoms with Crippen LogP contribution in [0.15, 0.2) is 71.6 Å². The van der Waals surface area contributed by atoms with E-state index in [1.807, 2.05) is 51.1 Å². The second-order valence-corrected chi connectivity index (χ2v) is 8.19. The molecule has 6 nitrogen and oxygen atoms in total. The number of amides is 2. The molecule has 1 aromatic heterocycles. The van der Waals surface area contributed by atoms with E-state index < -0.39 is 24.2 Å². The zero-order valence-electron chi connectivity index (χ0n) is 17.8. The predicted octanol–water partition coefficient (Wildman–Crippen LogP) is 4.44. The van der Waals surface area contributed by atoms with Gasteiger partial charge in [-0.2, -0.15) is 0 Å². The average Bonchev–Trinajstić information content (AvgIpc) is 3.30. The number of hydrogen-bond donors (Lipinski definition) is 1. The standard InChI is InChI=1S/C24H26FN3O3/c1-24(2,3)28(23(30)20-15-26-16-31-20)21(19-11-9-17(13-25)10-12-19)22(29)27-14-18-7-5-4-6-8-18/h4-12,15-16,21H,13-14H2,1-3H3,(H,27,29). The Morgan fingerprint density at radius 3 is 2.29 bits per heavy atom. The number of nitrogens with one attached hydrogen (secondary N) is 1. The number of nitrogens with zero attached hydrogens (tertiary/aromatic N) is 2. The van der Waals surface area contributed by atoms with E-state index in [0.29, 0.717) is 17.7 Å². The summed E-state index contributed by atoms with van der Waals surface area (Å²) in [6, 6.07) is 15.1. The van der Waals surface area contributed by atoms with E-state index in [-0.39, 0.29) is 11.7 Å². The first-order chi connectivity index (χ1) is 14.8. The fourth-order valence-corrected chi connectivity index (χ4v) is 3.34. The zero-order chi connectivity index (χ0) is 22.4. The molecule has 0 bridgehead atoms. The number of carbonyl (C=O) groups excluding carboxylic acids is 2. The van der Waals surface area contributed by atoms with E-state index in [1.165, 1.54) is 17.5 Å². The Bertz CT molecular complexity index is 997. The van der Waals surface area contributed by atoms with Gasteiger partial charge in [-0.3, -0.25) is 9.59 Å². The molecule has 1 heterocycles. The lowest BCUT2D eigenvalue weighted by Crippen LogP contribution is -2.52. The summed E-state index contributed by atoms with van der Waals surface area (Å²) in [5.41, 5.74) is 1.28. The highest BCUT2D eigenvalue weighted by molar-refractivity contribution is 5.96. The van der Waals surface area contributed by atoms with E-state index in [9.17, 15) is 14.0 Å². The van der Waals surface area contributed by atoms with Crippen molar-refractivity contribution in [1.82, 2.24) is 15.2 Å². The lowest BCUT2D eigenvalue weighted by molar-refractivity contribution is -0.127. The van der Waals surface area contributed by atoms with E-state index in [2.05, 4.69) is 10.3 Å². The second-order valence-electron chi connectivity index (χ2n) is 8.19. The monoisotopic (exact) mass is 423 g/mol. The maximum atomic E-state index is 13.4. The second kappa shape index (κ2) is 9.55. The van der Waals surface area contributed by atoms with Crippen LogP contribution < -0.4 is 5.32 Å². The van der Waals surface area contributed by atoms with Crippen molar-refractivity contribution in [3.8, 4) is 0 Å². The predicted molar refractivity (Wildman–Crippen MR) is 115 cm³/mol. The number of carbonyl (C=O) groups is 2. The molecule has 3 rings (SSSR count). The first-order valence-corrected chi connectivity index (χ1v) is 10.00. The van der Waals surface area contributed by atoms with Gasteiger partial charge in [0, 0.05) is 12.1 Å². The van der Waals surface area contributed by atoms with Crippen molar-refractivity contribution in [3.63, 3.8) is 0 Å². The average molecular weight is 423 g/mol. The zero-order valence-corrected chi connectivity index (χ0v) is 17.8. The SMILES string of the molecule is CC(C)(C)N(C(=O)c1cnco1)C(C(=O)NCc1ccccc1)c1ccc(CF)cc1. The van der Waals surface area contributed by atoms with Crippen molar-refractivity contribution in [2.24, 2.45) is 0 Å². The molecule has 0 aliphatic rings. The van der Waals surface area contributed by atoms with Crippen LogP contribution >= 0.6 is 0 Å². The van der Waals surface area contributed by atoms with Crippen molar-refractivity contribution >= 4 is 11.8 Å². The molecule has 1 atom stereocenters. The Labute approximate surface area is 181 Å². The Hall–Kier alpha value is -3.48. The molecule has 0 aliphatic heterocycles. The van der Waals surface area contributed by atoms with Crippen LogP contribution in [0.3, 0.4) is 0 Å². The molecular formula is C24H26FN3O3. The van der Waals surface area contributed by atoms with Crippen LogP contribution in [-0.4, -0.2) is 27.2 Å². The summed E-state index contributed by atoms with van der Waals surface area (Å²) in [7, 11) is 0. The van der Waals surface area contributed by atoms with Crippen LogP contribution in [0.5, 0.6) is 0 Å². The molecule has 0 radical (unpaired) electrons. The van der Waals surface area contributed by atoms with Crippen LogP contribution in [0.4, 0.5) is 4.39 Å². The number of halogens is 1. The number of benzene rings is 2. The minimum atomic E-state index is -0.949. The van der Waals surface area contributed by atoms with Gasteiger partial charge in [0.05, 0.1) is 6.20 Å². The first-order valence-electron chi connectivity index (χ1n) is 10.00. The molecule has 0 spiro atoms. The van der Waals surface area contributed by atoms with Crippen molar-refractivity contribution in [3.05, 3.63) is 89.6 Å². The van der Waals surface area contributed by atoms with Gasteiger partial charge in [0.15, 0.2) is 6.39 Å². The minimum Gasteiger partial charge on any atom is -0.438 e. The number of hydrogen-bond acceptors (Lipinski definition) is 4. The largest absolute Gasteiger partial charge is 0.438 e. The van der Waals surface area contributed by atoms with Gasteiger partial charge in [-0.1, -0.05) is 54.6 Å². The normalized spacial score (nSPS) is 12.3. The smallest absolute Gasteiger partial charge is 0.292 e. The number of aromatic nitrogens is 1. The number of rotatable bonds is 7. The van der Waals surface area contributed by atoms with E-state index in [4.69, 9.17) is 4.42 Å². The maximum absolute atomic E-state index is 13.4. The van der Waals surface area contributed by atoms with Gasteiger partial charge in [0.2, 0.25) is 11.7 Å². The summed E-state index contributed by atoms with van der Waals surface area (Å²) in [6.45, 7) is 5.23. The molecule has 7 heteroatoms. The summed E-state index contributed by atoms with van der Waals surface area (Å²) in [5, 5.41) is 2.93. The van der Waals surface area contributed by atoms with E-state index in [1.54, 1.807) is 24.3 Å². The molecule has 1 unspecified atom stereocenters. The Morgan fingerprint density at radius 1 is 1.06 bits per heavy atom. The topological polar surface area (TPSA) is 75.4 Å². The van der Waals surface area contributed by atoms with Crippen molar-refractivity contribution < 1.29 is 18.4 Å². The molecule has 31 heavy (non-hydrogen) atoms. The van der Waals surface area contributed by atoms with Gasteiger partial charge >= 0.3 is 0 Å². The quantitative estimate of drug-likeness (QED) is 0.610. The van der Waals surface area contributed by atoms with Crippen LogP contribution in [0.25, 0.3) is 0 Å².